The van der Waals surface area contributed by atoms with Gasteiger partial charge < -0.3 is 14.9 Å². The minimum atomic E-state index is -1.24. The molecular weight excluding hydrogens is 436 g/mol. The summed E-state index contributed by atoms with van der Waals surface area (Å²) in [5.74, 6) is -3.31. The molecule has 0 amide bonds. The maximum Gasteiger partial charge on any atom is 0.339 e. The lowest BCUT2D eigenvalue weighted by Crippen LogP contribution is -2.20. The Balaban J connectivity index is 1.91. The molecule has 0 aliphatic rings. The quantitative estimate of drug-likeness (QED) is 0.273. The van der Waals surface area contributed by atoms with E-state index in [1.165, 1.54) is 24.3 Å². The number of carbonyl (C=O) groups excluding carboxylic acids is 2. The van der Waals surface area contributed by atoms with Crippen molar-refractivity contribution in [3.05, 3.63) is 119 Å². The van der Waals surface area contributed by atoms with Crippen molar-refractivity contribution < 1.29 is 34.1 Å². The number of esters is 1. The van der Waals surface area contributed by atoms with Crippen molar-refractivity contribution in [3.8, 4) is 0 Å². The van der Waals surface area contributed by atoms with Crippen molar-refractivity contribution >= 4 is 35.8 Å². The van der Waals surface area contributed by atoms with E-state index in [2.05, 4.69) is 0 Å². The highest BCUT2D eigenvalue weighted by atomic mass is 16.5. The Hall–Kier alpha value is -4.78. The van der Waals surface area contributed by atoms with E-state index in [-0.39, 0.29) is 11.1 Å². The zero-order valence-electron chi connectivity index (χ0n) is 17.8. The van der Waals surface area contributed by atoms with Crippen LogP contribution in [0.4, 0.5) is 0 Å². The molecule has 170 valence electrons. The number of aliphatic carboxylic acids is 2. The maximum atomic E-state index is 13.3. The van der Waals surface area contributed by atoms with E-state index in [4.69, 9.17) is 14.9 Å². The maximum absolute atomic E-state index is 13.3. The molecule has 34 heavy (non-hydrogen) atoms. The molecule has 0 aliphatic carbocycles. The topological polar surface area (TPSA) is 118 Å². The van der Waals surface area contributed by atoms with E-state index in [9.17, 15) is 19.2 Å². The van der Waals surface area contributed by atoms with Gasteiger partial charge >= 0.3 is 17.9 Å². The van der Waals surface area contributed by atoms with E-state index < -0.39 is 29.8 Å². The van der Waals surface area contributed by atoms with Crippen molar-refractivity contribution in [2.75, 3.05) is 0 Å². The van der Waals surface area contributed by atoms with Crippen LogP contribution in [0.3, 0.4) is 0 Å². The lowest BCUT2D eigenvalue weighted by atomic mass is 9.97. The standard InChI is InChI=1S/C27H20O7/c28-23(29)16-10-18-6-12-20(13-7-18)25(32)26(34-27(33)22-4-2-1-3-5-22)21-14-8-19(9-15-21)11-17-24(30)31/h1-17,26H,(H,28,29)(H,30,31)/b16-10+,17-11+. The van der Waals surface area contributed by atoms with Crippen LogP contribution in [0, 0.1) is 0 Å². The second-order valence-electron chi connectivity index (χ2n) is 7.15. The summed E-state index contributed by atoms with van der Waals surface area (Å²) in [7, 11) is 0. The first-order valence-electron chi connectivity index (χ1n) is 10.2. The number of rotatable bonds is 9. The van der Waals surface area contributed by atoms with Crippen molar-refractivity contribution in [1.82, 2.24) is 0 Å². The van der Waals surface area contributed by atoms with Gasteiger partial charge in [-0.1, -0.05) is 66.7 Å². The van der Waals surface area contributed by atoms with Crippen molar-refractivity contribution in [2.45, 2.75) is 6.10 Å². The smallest absolute Gasteiger partial charge is 0.339 e. The van der Waals surface area contributed by atoms with Crippen LogP contribution in [0.1, 0.15) is 43.5 Å². The second kappa shape index (κ2) is 11.2. The van der Waals surface area contributed by atoms with Crippen LogP contribution in [0.2, 0.25) is 0 Å². The molecule has 7 nitrogen and oxygen atoms in total. The van der Waals surface area contributed by atoms with Crippen LogP contribution < -0.4 is 0 Å². The number of benzene rings is 3. The average molecular weight is 456 g/mol. The largest absolute Gasteiger partial charge is 0.478 e. The van der Waals surface area contributed by atoms with Crippen LogP contribution in [0.25, 0.3) is 12.2 Å². The first-order valence-corrected chi connectivity index (χ1v) is 10.2. The number of carboxylic acid groups (broad SMARTS) is 2. The molecule has 0 radical (unpaired) electrons. The number of Topliss-reactive ketones (excluding diaryl/α,β-unsaturated/α-hetero) is 1. The van der Waals surface area contributed by atoms with Gasteiger partial charge in [-0.2, -0.15) is 0 Å². The summed E-state index contributed by atoms with van der Waals surface area (Å²) in [5.41, 5.74) is 2.16. The molecular formula is C27H20O7. The zero-order chi connectivity index (χ0) is 24.5. The first kappa shape index (κ1) is 23.9. The summed E-state index contributed by atoms with van der Waals surface area (Å²) in [6.07, 6.45) is 3.54. The number of ketones is 1. The first-order chi connectivity index (χ1) is 16.3. The van der Waals surface area contributed by atoms with Crippen LogP contribution in [0.15, 0.2) is 91.0 Å². The van der Waals surface area contributed by atoms with Gasteiger partial charge in [-0.3, -0.25) is 4.79 Å². The van der Waals surface area contributed by atoms with Gasteiger partial charge in [0.15, 0.2) is 6.10 Å². The molecule has 0 aromatic heterocycles. The monoisotopic (exact) mass is 456 g/mol. The summed E-state index contributed by atoms with van der Waals surface area (Å²) >= 11 is 0. The molecule has 0 saturated carbocycles. The van der Waals surface area contributed by atoms with Crippen molar-refractivity contribution in [3.63, 3.8) is 0 Å². The Morgan fingerprint density at radius 1 is 0.647 bits per heavy atom. The van der Waals surface area contributed by atoms with E-state index in [0.717, 1.165) is 12.2 Å². The fourth-order valence-corrected chi connectivity index (χ4v) is 3.05. The third kappa shape index (κ3) is 6.61. The lowest BCUT2D eigenvalue weighted by Gasteiger charge is -2.18. The van der Waals surface area contributed by atoms with Gasteiger partial charge in [0, 0.05) is 23.3 Å². The number of hydrogen-bond acceptors (Lipinski definition) is 5. The van der Waals surface area contributed by atoms with Gasteiger partial charge in [0.2, 0.25) is 5.78 Å². The zero-order valence-corrected chi connectivity index (χ0v) is 17.8. The Morgan fingerprint density at radius 3 is 1.65 bits per heavy atom. The highest BCUT2D eigenvalue weighted by molar-refractivity contribution is 6.02. The molecule has 1 unspecified atom stereocenters. The molecule has 3 aromatic carbocycles. The van der Waals surface area contributed by atoms with Gasteiger partial charge in [-0.05, 0) is 35.4 Å². The van der Waals surface area contributed by atoms with Crippen LogP contribution in [-0.2, 0) is 14.3 Å². The van der Waals surface area contributed by atoms with E-state index >= 15 is 0 Å². The number of hydrogen-bond donors (Lipinski definition) is 2. The second-order valence-corrected chi connectivity index (χ2v) is 7.15. The van der Waals surface area contributed by atoms with Crippen molar-refractivity contribution in [1.29, 1.82) is 0 Å². The van der Waals surface area contributed by atoms with Gasteiger partial charge in [0.05, 0.1) is 5.56 Å². The molecule has 2 N–H and O–H groups in total. The molecule has 0 saturated heterocycles. The Kier molecular flexibility index (Phi) is 7.86. The predicted molar refractivity (Wildman–Crippen MR) is 125 cm³/mol. The minimum Gasteiger partial charge on any atom is -0.478 e. The Bertz CT molecular complexity index is 1240. The molecule has 7 heteroatoms. The third-order valence-corrected chi connectivity index (χ3v) is 4.74. The van der Waals surface area contributed by atoms with E-state index in [0.29, 0.717) is 16.7 Å². The Labute approximate surface area is 195 Å². The molecule has 3 rings (SSSR count). The molecule has 0 bridgehead atoms. The fraction of sp³-hybridized carbons (Fsp3) is 0.0370. The van der Waals surface area contributed by atoms with Gasteiger partial charge in [0.1, 0.15) is 0 Å². The normalized spacial score (nSPS) is 11.9. The summed E-state index contributed by atoms with van der Waals surface area (Å²) < 4.78 is 5.59. The summed E-state index contributed by atoms with van der Waals surface area (Å²) in [6, 6.07) is 20.9. The van der Waals surface area contributed by atoms with E-state index in [1.807, 2.05) is 0 Å². The minimum absolute atomic E-state index is 0.271. The highest BCUT2D eigenvalue weighted by Crippen LogP contribution is 2.25. The van der Waals surface area contributed by atoms with Gasteiger partial charge in [-0.15, -0.1) is 0 Å². The molecule has 0 heterocycles. The summed E-state index contributed by atoms with van der Waals surface area (Å²) in [5, 5.41) is 17.5. The predicted octanol–water partition coefficient (Wildman–Crippen LogP) is 4.66. The molecule has 3 aromatic rings. The molecule has 0 aliphatic heterocycles. The summed E-state index contributed by atoms with van der Waals surface area (Å²) in [4.78, 5) is 47.4. The fourth-order valence-electron chi connectivity index (χ4n) is 3.05. The average Bonchev–Trinajstić information content (AvgIpc) is 2.85. The Morgan fingerprint density at radius 2 is 1.15 bits per heavy atom. The lowest BCUT2D eigenvalue weighted by molar-refractivity contribution is -0.132. The van der Waals surface area contributed by atoms with E-state index in [1.54, 1.807) is 66.7 Å². The molecule has 0 fully saturated rings. The van der Waals surface area contributed by atoms with Crippen LogP contribution in [-0.4, -0.2) is 33.9 Å². The number of ether oxygens (including phenoxy) is 1. The van der Waals surface area contributed by atoms with Crippen LogP contribution in [0.5, 0.6) is 0 Å². The third-order valence-electron chi connectivity index (χ3n) is 4.74. The SMILES string of the molecule is O=C(O)/C=C/c1ccc(C(=O)C(OC(=O)c2ccccc2)c2ccc(/C=C/C(=O)O)cc2)cc1. The summed E-state index contributed by atoms with van der Waals surface area (Å²) in [6.45, 7) is 0. The van der Waals surface area contributed by atoms with Crippen LogP contribution >= 0.6 is 0 Å². The number of carbonyl (C=O) groups is 4. The van der Waals surface area contributed by atoms with Crippen molar-refractivity contribution in [2.24, 2.45) is 0 Å². The number of carboxylic acids is 2. The molecule has 0 spiro atoms. The molecule has 1 atom stereocenters. The van der Waals surface area contributed by atoms with Gasteiger partial charge in [-0.25, -0.2) is 14.4 Å². The highest BCUT2D eigenvalue weighted by Gasteiger charge is 2.27. The van der Waals surface area contributed by atoms with Gasteiger partial charge in [0.25, 0.3) is 0 Å².